The third-order valence-electron chi connectivity index (χ3n) is 5.65. The average molecular weight is 470 g/mol. The molecule has 0 spiro atoms. The van der Waals surface area contributed by atoms with Gasteiger partial charge in [-0.3, -0.25) is 9.59 Å². The fourth-order valence-electron chi connectivity index (χ4n) is 3.87. The van der Waals surface area contributed by atoms with Crippen molar-refractivity contribution in [3.8, 4) is 5.75 Å². The number of hydrogen-bond donors (Lipinski definition) is 5. The van der Waals surface area contributed by atoms with Crippen LogP contribution in [0.5, 0.6) is 5.75 Å². The van der Waals surface area contributed by atoms with E-state index in [2.05, 4.69) is 10.3 Å². The zero-order valence-corrected chi connectivity index (χ0v) is 18.3. The molecule has 2 aromatic carbocycles. The van der Waals surface area contributed by atoms with Crippen molar-refractivity contribution in [1.29, 1.82) is 0 Å². The van der Waals surface area contributed by atoms with Crippen molar-refractivity contribution in [3.05, 3.63) is 77.0 Å². The second-order valence-corrected chi connectivity index (χ2v) is 8.42. The van der Waals surface area contributed by atoms with E-state index in [-0.39, 0.29) is 18.4 Å². The molecular formula is C24H24ClN3O5. The van der Waals surface area contributed by atoms with Gasteiger partial charge in [-0.25, -0.2) is 0 Å². The van der Waals surface area contributed by atoms with Gasteiger partial charge in [-0.15, -0.1) is 0 Å². The van der Waals surface area contributed by atoms with E-state index in [0.29, 0.717) is 10.8 Å². The summed E-state index contributed by atoms with van der Waals surface area (Å²) in [5, 5.41) is 24.7. The molecule has 172 valence electrons. The summed E-state index contributed by atoms with van der Waals surface area (Å²) in [6.45, 7) is 0. The molecule has 0 saturated carbocycles. The topological polar surface area (TPSA) is 138 Å². The third-order valence-corrected chi connectivity index (χ3v) is 5.90. The van der Waals surface area contributed by atoms with E-state index in [1.54, 1.807) is 30.5 Å². The number of para-hydroxylation sites is 1. The minimum atomic E-state index is -1.23. The molecule has 0 unspecified atom stereocenters. The van der Waals surface area contributed by atoms with E-state index in [1.807, 2.05) is 24.3 Å². The number of aromatic nitrogens is 1. The number of fused-ring (bicyclic) bond motifs is 1. The van der Waals surface area contributed by atoms with E-state index in [0.717, 1.165) is 16.5 Å². The van der Waals surface area contributed by atoms with Crippen molar-refractivity contribution in [2.24, 2.45) is 5.73 Å². The first-order valence-electron chi connectivity index (χ1n) is 10.5. The van der Waals surface area contributed by atoms with Crippen molar-refractivity contribution in [2.75, 3.05) is 0 Å². The molecule has 2 amide bonds. The molecule has 0 saturated heterocycles. The average Bonchev–Trinajstić information content (AvgIpc) is 3.20. The van der Waals surface area contributed by atoms with E-state index in [4.69, 9.17) is 22.1 Å². The van der Waals surface area contributed by atoms with E-state index < -0.39 is 36.2 Å². The molecular weight excluding hydrogens is 446 g/mol. The monoisotopic (exact) mass is 469 g/mol. The quantitative estimate of drug-likeness (QED) is 0.359. The molecule has 0 aliphatic heterocycles. The SMILES string of the molecule is NC(=O)[C@@H](Cc1c[nH]c2ccccc12)NC(=O)C1=C[C@@H](Oc2ccc(Cl)cc2)[C@H](O)[C@H](O)C1. The Morgan fingerprint density at radius 2 is 1.91 bits per heavy atom. The van der Waals surface area contributed by atoms with Crippen LogP contribution in [0.2, 0.25) is 5.02 Å². The lowest BCUT2D eigenvalue weighted by atomic mass is 9.91. The van der Waals surface area contributed by atoms with Gasteiger partial charge in [0, 0.05) is 40.5 Å². The van der Waals surface area contributed by atoms with Gasteiger partial charge in [0.25, 0.3) is 0 Å². The number of amides is 2. The number of H-pyrrole nitrogens is 1. The lowest BCUT2D eigenvalue weighted by Gasteiger charge is -2.31. The molecule has 4 atom stereocenters. The van der Waals surface area contributed by atoms with E-state index >= 15 is 0 Å². The first kappa shape index (κ1) is 22.8. The molecule has 0 radical (unpaired) electrons. The van der Waals surface area contributed by atoms with Crippen molar-refractivity contribution in [3.63, 3.8) is 0 Å². The van der Waals surface area contributed by atoms with Gasteiger partial charge < -0.3 is 31.0 Å². The van der Waals surface area contributed by atoms with Crippen LogP contribution in [0.25, 0.3) is 10.9 Å². The molecule has 0 bridgehead atoms. The van der Waals surface area contributed by atoms with Crippen molar-refractivity contribution in [2.45, 2.75) is 37.2 Å². The molecule has 1 aromatic heterocycles. The maximum atomic E-state index is 12.9. The van der Waals surface area contributed by atoms with Crippen LogP contribution >= 0.6 is 11.6 Å². The summed E-state index contributed by atoms with van der Waals surface area (Å²) >= 11 is 5.88. The van der Waals surface area contributed by atoms with Crippen molar-refractivity contribution in [1.82, 2.24) is 10.3 Å². The first-order chi connectivity index (χ1) is 15.8. The highest BCUT2D eigenvalue weighted by molar-refractivity contribution is 6.30. The predicted molar refractivity (Wildman–Crippen MR) is 124 cm³/mol. The Kier molecular flexibility index (Phi) is 6.69. The number of aliphatic hydroxyl groups is 2. The van der Waals surface area contributed by atoms with Crippen LogP contribution in [-0.4, -0.2) is 51.4 Å². The molecule has 0 fully saturated rings. The van der Waals surface area contributed by atoms with Crippen LogP contribution < -0.4 is 15.8 Å². The van der Waals surface area contributed by atoms with Gasteiger partial charge in [0.05, 0.1) is 6.10 Å². The number of halogens is 1. The van der Waals surface area contributed by atoms with Crippen molar-refractivity contribution >= 4 is 34.3 Å². The lowest BCUT2D eigenvalue weighted by molar-refractivity contribution is -0.126. The van der Waals surface area contributed by atoms with Crippen LogP contribution in [0.15, 0.2) is 66.4 Å². The molecule has 1 heterocycles. The van der Waals surface area contributed by atoms with E-state index in [1.165, 1.54) is 6.08 Å². The number of benzene rings is 2. The van der Waals surface area contributed by atoms with Gasteiger partial charge in [0.15, 0.2) is 0 Å². The van der Waals surface area contributed by atoms with Crippen molar-refractivity contribution < 1.29 is 24.5 Å². The number of aromatic amines is 1. The zero-order chi connectivity index (χ0) is 23.5. The summed E-state index contributed by atoms with van der Waals surface area (Å²) in [5.74, 6) is -0.822. The molecule has 1 aliphatic carbocycles. The smallest absolute Gasteiger partial charge is 0.247 e. The Labute approximate surface area is 195 Å². The first-order valence-corrected chi connectivity index (χ1v) is 10.8. The minimum absolute atomic E-state index is 0.0912. The number of rotatable bonds is 7. The number of primary amides is 1. The van der Waals surface area contributed by atoms with Gasteiger partial charge in [-0.05, 0) is 42.0 Å². The summed E-state index contributed by atoms with van der Waals surface area (Å²) in [5.41, 5.74) is 7.50. The van der Waals surface area contributed by atoms with Crippen LogP contribution in [0.3, 0.4) is 0 Å². The van der Waals surface area contributed by atoms with Gasteiger partial charge in [0.2, 0.25) is 11.8 Å². The highest BCUT2D eigenvalue weighted by Gasteiger charge is 2.35. The molecule has 33 heavy (non-hydrogen) atoms. The molecule has 9 heteroatoms. The number of ether oxygens (including phenoxy) is 1. The Bertz CT molecular complexity index is 1190. The summed E-state index contributed by atoms with van der Waals surface area (Å²) in [7, 11) is 0. The molecule has 8 nitrogen and oxygen atoms in total. The highest BCUT2D eigenvalue weighted by atomic mass is 35.5. The largest absolute Gasteiger partial charge is 0.484 e. The fraction of sp³-hybridized carbons (Fsp3) is 0.250. The Morgan fingerprint density at radius 3 is 2.64 bits per heavy atom. The summed E-state index contributed by atoms with van der Waals surface area (Å²) in [4.78, 5) is 28.2. The lowest BCUT2D eigenvalue weighted by Crippen LogP contribution is -2.49. The van der Waals surface area contributed by atoms with Crippen LogP contribution in [0.4, 0.5) is 0 Å². The van der Waals surface area contributed by atoms with E-state index in [9.17, 15) is 19.8 Å². The fourth-order valence-corrected chi connectivity index (χ4v) is 3.99. The number of aliphatic hydroxyl groups excluding tert-OH is 2. The third kappa shape index (κ3) is 5.19. The second-order valence-electron chi connectivity index (χ2n) is 7.98. The number of nitrogens with one attached hydrogen (secondary N) is 2. The molecule has 4 rings (SSSR count). The number of carbonyl (C=O) groups is 2. The summed E-state index contributed by atoms with van der Waals surface area (Å²) < 4.78 is 5.74. The highest BCUT2D eigenvalue weighted by Crippen LogP contribution is 2.25. The predicted octanol–water partition coefficient (Wildman–Crippen LogP) is 1.83. The maximum Gasteiger partial charge on any atom is 0.247 e. The minimum Gasteiger partial charge on any atom is -0.484 e. The van der Waals surface area contributed by atoms with Crippen LogP contribution in [0, 0.1) is 0 Å². The number of hydrogen-bond acceptors (Lipinski definition) is 5. The number of carbonyl (C=O) groups excluding carboxylic acids is 2. The summed E-state index contributed by atoms with van der Waals surface area (Å²) in [6.07, 6.45) is -0.0610. The van der Waals surface area contributed by atoms with Gasteiger partial charge >= 0.3 is 0 Å². The molecule has 3 aromatic rings. The Morgan fingerprint density at radius 1 is 1.18 bits per heavy atom. The molecule has 1 aliphatic rings. The van der Waals surface area contributed by atoms with Gasteiger partial charge in [-0.1, -0.05) is 29.8 Å². The number of nitrogens with two attached hydrogens (primary N) is 1. The second kappa shape index (κ2) is 9.66. The van der Waals surface area contributed by atoms with Crippen LogP contribution in [-0.2, 0) is 16.0 Å². The van der Waals surface area contributed by atoms with Crippen LogP contribution in [0.1, 0.15) is 12.0 Å². The molecule has 6 N–H and O–H groups in total. The van der Waals surface area contributed by atoms with Gasteiger partial charge in [-0.2, -0.15) is 0 Å². The Hall–Kier alpha value is -3.33. The normalized spacial score (nSPS) is 21.3. The van der Waals surface area contributed by atoms with Gasteiger partial charge in [0.1, 0.15) is 24.0 Å². The zero-order valence-electron chi connectivity index (χ0n) is 17.6. The summed E-state index contributed by atoms with van der Waals surface area (Å²) in [6, 6.07) is 13.1. The standard InChI is InChI=1S/C24H24ClN3O5/c25-15-5-7-16(8-6-15)33-21-11-13(10-20(29)22(21)30)24(32)28-19(23(26)31)9-14-12-27-18-4-2-1-3-17(14)18/h1-8,11-12,19-22,27,29-30H,9-10H2,(H2,26,31)(H,28,32)/t19-,20-,21-,22-/m1/s1. The Balaban J connectivity index is 1.50. The maximum absolute atomic E-state index is 12.9.